The zero-order valence-electron chi connectivity index (χ0n) is 14.8. The Labute approximate surface area is 153 Å². The van der Waals surface area contributed by atoms with E-state index in [9.17, 15) is 9.90 Å². The molecule has 1 aromatic carbocycles. The maximum absolute atomic E-state index is 12.5. The van der Waals surface area contributed by atoms with Crippen LogP contribution in [0.1, 0.15) is 29.9 Å². The van der Waals surface area contributed by atoms with Crippen molar-refractivity contribution in [3.05, 3.63) is 66.0 Å². The number of rotatable bonds is 6. The van der Waals surface area contributed by atoms with Crippen molar-refractivity contribution in [3.8, 4) is 0 Å². The molecule has 2 unspecified atom stereocenters. The molecular formula is C21H25N3O2. The van der Waals surface area contributed by atoms with Gasteiger partial charge in [0.05, 0.1) is 11.5 Å². The fraction of sp³-hybridized carbons (Fsp3) is 0.429. The van der Waals surface area contributed by atoms with Gasteiger partial charge in [0, 0.05) is 37.9 Å². The molecule has 0 radical (unpaired) electrons. The highest BCUT2D eigenvalue weighted by Crippen LogP contribution is 2.60. The van der Waals surface area contributed by atoms with Gasteiger partial charge in [-0.1, -0.05) is 30.3 Å². The Bertz CT molecular complexity index is 767. The number of likely N-dealkylation sites (tertiary alicyclic amines) is 1. The first-order valence-corrected chi connectivity index (χ1v) is 9.27. The van der Waals surface area contributed by atoms with E-state index in [2.05, 4.69) is 22.0 Å². The van der Waals surface area contributed by atoms with Crippen molar-refractivity contribution in [1.29, 1.82) is 0 Å². The number of carbonyl (C=O) groups excluding carboxylic acids is 1. The zero-order chi connectivity index (χ0) is 18.1. The standard InChI is InChI=1S/C21H25N3O2/c22-20(26)21(16-6-9-23-10-7-16)12-19(21)18(15-4-2-1-3-5-15)14-24-11-8-17(25)13-24/h1-7,9-10,17-19,25H,8,11-14H2,(H2,22,26)/t17-,18+,19?,21?/m0/s1. The van der Waals surface area contributed by atoms with Gasteiger partial charge in [-0.3, -0.25) is 9.78 Å². The van der Waals surface area contributed by atoms with Gasteiger partial charge in [0.2, 0.25) is 5.91 Å². The number of benzene rings is 1. The van der Waals surface area contributed by atoms with Crippen LogP contribution in [0.15, 0.2) is 54.9 Å². The Balaban J connectivity index is 1.65. The highest BCUT2D eigenvalue weighted by atomic mass is 16.3. The van der Waals surface area contributed by atoms with Crippen molar-refractivity contribution in [2.24, 2.45) is 11.7 Å². The number of nitrogens with two attached hydrogens (primary N) is 1. The number of β-amino-alcohol motifs (C(OH)–C–C–N with tert-alkyl or cyclic N) is 1. The molecule has 2 aromatic rings. The molecule has 5 nitrogen and oxygen atoms in total. The van der Waals surface area contributed by atoms with Crippen molar-refractivity contribution in [3.63, 3.8) is 0 Å². The minimum Gasteiger partial charge on any atom is -0.392 e. The normalized spacial score (nSPS) is 29.4. The molecule has 1 aliphatic heterocycles. The Morgan fingerprint density at radius 3 is 2.62 bits per heavy atom. The molecule has 1 saturated carbocycles. The van der Waals surface area contributed by atoms with Crippen LogP contribution < -0.4 is 5.73 Å². The zero-order valence-corrected chi connectivity index (χ0v) is 14.8. The third kappa shape index (κ3) is 3.02. The van der Waals surface area contributed by atoms with Crippen LogP contribution in [0.5, 0.6) is 0 Å². The van der Waals surface area contributed by atoms with Crippen LogP contribution >= 0.6 is 0 Å². The molecule has 4 rings (SSSR count). The number of aliphatic hydroxyl groups excluding tert-OH is 1. The smallest absolute Gasteiger partial charge is 0.228 e. The molecule has 0 spiro atoms. The van der Waals surface area contributed by atoms with Crippen molar-refractivity contribution in [2.45, 2.75) is 30.3 Å². The van der Waals surface area contributed by atoms with Crippen molar-refractivity contribution in [1.82, 2.24) is 9.88 Å². The third-order valence-electron chi connectivity index (χ3n) is 6.07. The van der Waals surface area contributed by atoms with E-state index in [0.717, 1.165) is 31.5 Å². The van der Waals surface area contributed by atoms with Crippen molar-refractivity contribution >= 4 is 5.91 Å². The molecule has 26 heavy (non-hydrogen) atoms. The Morgan fingerprint density at radius 1 is 1.27 bits per heavy atom. The van der Waals surface area contributed by atoms with Gasteiger partial charge in [-0.2, -0.15) is 0 Å². The minimum atomic E-state index is -0.609. The molecule has 0 bridgehead atoms. The second-order valence-electron chi connectivity index (χ2n) is 7.60. The summed E-state index contributed by atoms with van der Waals surface area (Å²) in [5.41, 5.74) is 7.48. The first-order valence-electron chi connectivity index (χ1n) is 9.27. The summed E-state index contributed by atoms with van der Waals surface area (Å²) in [6, 6.07) is 14.2. The molecule has 2 aliphatic rings. The molecule has 5 heteroatoms. The van der Waals surface area contributed by atoms with Crippen molar-refractivity contribution in [2.75, 3.05) is 19.6 Å². The number of aromatic nitrogens is 1. The number of hydrogen-bond acceptors (Lipinski definition) is 4. The van der Waals surface area contributed by atoms with Crippen LogP contribution in [0, 0.1) is 5.92 Å². The Hall–Kier alpha value is -2.24. The van der Waals surface area contributed by atoms with Gasteiger partial charge in [-0.05, 0) is 42.0 Å². The molecule has 4 atom stereocenters. The van der Waals surface area contributed by atoms with E-state index >= 15 is 0 Å². The summed E-state index contributed by atoms with van der Waals surface area (Å²) in [5, 5.41) is 9.88. The SMILES string of the molecule is NC(=O)C1(c2ccncc2)CC1[C@H](CN1CC[C@H](O)C1)c1ccccc1. The summed E-state index contributed by atoms with van der Waals surface area (Å²) in [5.74, 6) is 0.126. The summed E-state index contributed by atoms with van der Waals surface area (Å²) in [4.78, 5) is 18.8. The summed E-state index contributed by atoms with van der Waals surface area (Å²) >= 11 is 0. The third-order valence-corrected chi connectivity index (χ3v) is 6.07. The molecule has 1 saturated heterocycles. The molecule has 2 heterocycles. The summed E-state index contributed by atoms with van der Waals surface area (Å²) < 4.78 is 0. The van der Waals surface area contributed by atoms with E-state index in [0.29, 0.717) is 6.54 Å². The predicted octanol–water partition coefficient (Wildman–Crippen LogP) is 1.67. The molecule has 1 aliphatic carbocycles. The van der Waals surface area contributed by atoms with Crippen LogP contribution in [0.4, 0.5) is 0 Å². The summed E-state index contributed by atoms with van der Waals surface area (Å²) in [7, 11) is 0. The number of nitrogens with zero attached hydrogens (tertiary/aromatic N) is 2. The molecular weight excluding hydrogens is 326 g/mol. The maximum Gasteiger partial charge on any atom is 0.228 e. The number of amides is 1. The highest BCUT2D eigenvalue weighted by molar-refractivity contribution is 5.91. The van der Waals surface area contributed by atoms with Gasteiger partial charge >= 0.3 is 0 Å². The minimum absolute atomic E-state index is 0.169. The lowest BCUT2D eigenvalue weighted by atomic mass is 9.84. The number of carbonyl (C=O) groups is 1. The topological polar surface area (TPSA) is 79.5 Å². The second-order valence-corrected chi connectivity index (χ2v) is 7.60. The predicted molar refractivity (Wildman–Crippen MR) is 99.5 cm³/mol. The van der Waals surface area contributed by atoms with E-state index < -0.39 is 5.41 Å². The Kier molecular flexibility index (Phi) is 4.51. The van der Waals surface area contributed by atoms with Crippen LogP contribution in [-0.2, 0) is 10.2 Å². The van der Waals surface area contributed by atoms with E-state index in [4.69, 9.17) is 5.73 Å². The van der Waals surface area contributed by atoms with Crippen LogP contribution in [-0.4, -0.2) is 46.6 Å². The van der Waals surface area contributed by atoms with Gasteiger partial charge in [0.25, 0.3) is 0 Å². The number of aliphatic hydroxyl groups is 1. The fourth-order valence-corrected chi connectivity index (χ4v) is 4.60. The highest BCUT2D eigenvalue weighted by Gasteiger charge is 2.63. The van der Waals surface area contributed by atoms with Gasteiger partial charge in [-0.15, -0.1) is 0 Å². The van der Waals surface area contributed by atoms with Gasteiger partial charge in [0.1, 0.15) is 0 Å². The van der Waals surface area contributed by atoms with E-state index in [-0.39, 0.29) is 23.8 Å². The average Bonchev–Trinajstić information content (AvgIpc) is 3.30. The maximum atomic E-state index is 12.5. The molecule has 1 aromatic heterocycles. The largest absolute Gasteiger partial charge is 0.392 e. The van der Waals surface area contributed by atoms with Crippen LogP contribution in [0.25, 0.3) is 0 Å². The molecule has 136 valence electrons. The van der Waals surface area contributed by atoms with Gasteiger partial charge in [-0.25, -0.2) is 0 Å². The second kappa shape index (κ2) is 6.82. The monoisotopic (exact) mass is 351 g/mol. The molecule has 2 fully saturated rings. The lowest BCUT2D eigenvalue weighted by molar-refractivity contribution is -0.120. The van der Waals surface area contributed by atoms with E-state index in [1.165, 1.54) is 5.56 Å². The number of pyridine rings is 1. The first kappa shape index (κ1) is 17.2. The quantitative estimate of drug-likeness (QED) is 0.830. The number of hydrogen-bond donors (Lipinski definition) is 2. The van der Waals surface area contributed by atoms with E-state index in [1.54, 1.807) is 12.4 Å². The van der Waals surface area contributed by atoms with Gasteiger partial charge < -0.3 is 15.7 Å². The fourth-order valence-electron chi connectivity index (χ4n) is 4.60. The lowest BCUT2D eigenvalue weighted by Crippen LogP contribution is -2.35. The summed E-state index contributed by atoms with van der Waals surface area (Å²) in [6.07, 6.45) is 4.79. The average molecular weight is 351 g/mol. The molecule has 1 amide bonds. The lowest BCUT2D eigenvalue weighted by Gasteiger charge is -2.26. The van der Waals surface area contributed by atoms with E-state index in [1.807, 2.05) is 30.3 Å². The van der Waals surface area contributed by atoms with Crippen molar-refractivity contribution < 1.29 is 9.90 Å². The summed E-state index contributed by atoms with van der Waals surface area (Å²) in [6.45, 7) is 2.44. The van der Waals surface area contributed by atoms with Gasteiger partial charge in [0.15, 0.2) is 0 Å². The van der Waals surface area contributed by atoms with Crippen LogP contribution in [0.2, 0.25) is 0 Å². The van der Waals surface area contributed by atoms with Crippen LogP contribution in [0.3, 0.4) is 0 Å². The molecule has 3 N–H and O–H groups in total. The first-order chi connectivity index (χ1) is 12.6. The number of primary amides is 1. The Morgan fingerprint density at radius 2 is 2.00 bits per heavy atom.